The highest BCUT2D eigenvalue weighted by atomic mass is 17.2. The minimum atomic E-state index is -0.577. The van der Waals surface area contributed by atoms with Crippen LogP contribution in [0.1, 0.15) is 42.1 Å². The molecule has 0 unspecified atom stereocenters. The van der Waals surface area contributed by atoms with Crippen LogP contribution in [-0.2, 0) is 23.9 Å². The smallest absolute Gasteiger partial charge is 0.342 e. The van der Waals surface area contributed by atoms with Gasteiger partial charge in [0.15, 0.2) is 18.3 Å². The van der Waals surface area contributed by atoms with Gasteiger partial charge in [0, 0.05) is 26.7 Å². The monoisotopic (exact) mass is 420 g/mol. The summed E-state index contributed by atoms with van der Waals surface area (Å²) in [7, 11) is 4.47. The van der Waals surface area contributed by atoms with Gasteiger partial charge in [-0.05, 0) is 37.5 Å². The molecule has 2 atom stereocenters. The summed E-state index contributed by atoms with van der Waals surface area (Å²) < 4.78 is 21.0. The fourth-order valence-corrected chi connectivity index (χ4v) is 2.89. The van der Waals surface area contributed by atoms with Gasteiger partial charge in [-0.25, -0.2) is 4.79 Å². The highest BCUT2D eigenvalue weighted by Gasteiger charge is 2.23. The van der Waals surface area contributed by atoms with Crippen LogP contribution in [0.2, 0.25) is 0 Å². The minimum absolute atomic E-state index is 0.116. The van der Waals surface area contributed by atoms with Gasteiger partial charge in [-0.1, -0.05) is 18.2 Å². The average Bonchev–Trinajstić information content (AvgIpc) is 2.72. The third-order valence-corrected chi connectivity index (χ3v) is 4.41. The molecule has 0 amide bonds. The molecule has 0 fully saturated rings. The van der Waals surface area contributed by atoms with Gasteiger partial charge in [-0.2, -0.15) is 4.89 Å². The first-order valence-electron chi connectivity index (χ1n) is 9.61. The molecule has 0 N–H and O–H groups in total. The van der Waals surface area contributed by atoms with Gasteiger partial charge in [0.1, 0.15) is 23.5 Å². The van der Waals surface area contributed by atoms with E-state index in [1.165, 1.54) is 33.5 Å². The molecular weight excluding hydrogens is 392 g/mol. The molecule has 8 heteroatoms. The Morgan fingerprint density at radius 3 is 2.60 bits per heavy atom. The van der Waals surface area contributed by atoms with Gasteiger partial charge in [-0.3, -0.25) is 4.79 Å². The lowest BCUT2D eigenvalue weighted by Crippen LogP contribution is -2.21. The SMILES string of the molecule is COCOOc1cc(OC)cc2c1C(=O)O[C@@H](C)C/C=C\C(=O)[C@@H](OC)CCC=C2. The van der Waals surface area contributed by atoms with Crippen LogP contribution in [-0.4, -0.2) is 52.1 Å². The molecule has 164 valence electrons. The number of fused-ring (bicyclic) bond motifs is 1. The Morgan fingerprint density at radius 1 is 1.10 bits per heavy atom. The fraction of sp³-hybridized carbons (Fsp3) is 0.455. The molecule has 2 rings (SSSR count). The molecule has 0 aliphatic carbocycles. The standard InChI is InChI=1S/C22H28O8/c1-15-8-7-10-18(23)19(27-4)11-6-5-9-16-12-17(26-3)13-20(30-28-14-25-2)21(16)22(24)29-15/h5,7,9-10,12-13,15,19H,6,8,11,14H2,1-4H3/b9-5?,10-7-/t15-,19-/m0/s1. The molecule has 1 aromatic carbocycles. The second kappa shape index (κ2) is 12.1. The first-order chi connectivity index (χ1) is 14.5. The Morgan fingerprint density at radius 2 is 1.90 bits per heavy atom. The zero-order chi connectivity index (χ0) is 21.9. The third kappa shape index (κ3) is 6.69. The lowest BCUT2D eigenvalue weighted by molar-refractivity contribution is -0.260. The molecular formula is C22H28O8. The van der Waals surface area contributed by atoms with Crippen LogP contribution >= 0.6 is 0 Å². The van der Waals surface area contributed by atoms with E-state index in [1.54, 1.807) is 25.1 Å². The van der Waals surface area contributed by atoms with Crippen LogP contribution in [0.4, 0.5) is 0 Å². The van der Waals surface area contributed by atoms with Crippen molar-refractivity contribution in [3.63, 3.8) is 0 Å². The summed E-state index contributed by atoms with van der Waals surface area (Å²) in [6.45, 7) is 1.62. The number of carbonyl (C=O) groups excluding carboxylic acids is 2. The van der Waals surface area contributed by atoms with E-state index in [1.807, 2.05) is 6.08 Å². The van der Waals surface area contributed by atoms with E-state index in [0.717, 1.165) is 0 Å². The van der Waals surface area contributed by atoms with Crippen LogP contribution in [0.15, 0.2) is 30.4 Å². The molecule has 1 aromatic rings. The summed E-state index contributed by atoms with van der Waals surface area (Å²) in [4.78, 5) is 35.4. The van der Waals surface area contributed by atoms with Crippen molar-refractivity contribution in [3.05, 3.63) is 41.5 Å². The molecule has 1 heterocycles. The zero-order valence-electron chi connectivity index (χ0n) is 17.7. The van der Waals surface area contributed by atoms with E-state index in [2.05, 4.69) is 0 Å². The van der Waals surface area contributed by atoms with E-state index >= 15 is 0 Å². The molecule has 1 aliphatic rings. The number of rotatable bonds is 6. The van der Waals surface area contributed by atoms with E-state index in [4.69, 9.17) is 28.7 Å². The molecule has 0 radical (unpaired) electrons. The van der Waals surface area contributed by atoms with E-state index in [0.29, 0.717) is 30.6 Å². The van der Waals surface area contributed by atoms with Crippen LogP contribution in [0, 0.1) is 0 Å². The summed E-state index contributed by atoms with van der Waals surface area (Å²) in [6, 6.07) is 3.24. The molecule has 0 spiro atoms. The maximum absolute atomic E-state index is 12.9. The number of hydrogen-bond donors (Lipinski definition) is 0. The lowest BCUT2D eigenvalue weighted by atomic mass is 10.0. The quantitative estimate of drug-likeness (QED) is 0.227. The topological polar surface area (TPSA) is 89.5 Å². The van der Waals surface area contributed by atoms with E-state index < -0.39 is 18.2 Å². The first-order valence-corrected chi connectivity index (χ1v) is 9.61. The molecule has 8 nitrogen and oxygen atoms in total. The molecule has 0 saturated heterocycles. The molecule has 0 aromatic heterocycles. The minimum Gasteiger partial charge on any atom is -0.497 e. The van der Waals surface area contributed by atoms with Gasteiger partial charge in [0.05, 0.1) is 7.11 Å². The van der Waals surface area contributed by atoms with Crippen LogP contribution < -0.4 is 9.62 Å². The van der Waals surface area contributed by atoms with Crippen molar-refractivity contribution in [3.8, 4) is 11.5 Å². The second-order valence-corrected chi connectivity index (χ2v) is 6.66. The number of benzene rings is 1. The highest BCUT2D eigenvalue weighted by Crippen LogP contribution is 2.31. The maximum Gasteiger partial charge on any atom is 0.342 e. The van der Waals surface area contributed by atoms with Crippen molar-refractivity contribution in [1.82, 2.24) is 0 Å². The number of ether oxygens (including phenoxy) is 4. The molecule has 1 aliphatic heterocycles. The number of esters is 1. The lowest BCUT2D eigenvalue weighted by Gasteiger charge is -2.17. The Kier molecular flexibility index (Phi) is 9.53. The third-order valence-electron chi connectivity index (χ3n) is 4.41. The summed E-state index contributed by atoms with van der Waals surface area (Å²) in [5, 5.41) is 0. The molecule has 30 heavy (non-hydrogen) atoms. The fourth-order valence-electron chi connectivity index (χ4n) is 2.89. The number of ketones is 1. The average molecular weight is 420 g/mol. The summed E-state index contributed by atoms with van der Waals surface area (Å²) in [6.07, 6.45) is 7.23. The normalized spacial score (nSPS) is 21.3. The van der Waals surface area contributed by atoms with Gasteiger partial charge < -0.3 is 23.8 Å². The van der Waals surface area contributed by atoms with E-state index in [-0.39, 0.29) is 23.9 Å². The van der Waals surface area contributed by atoms with Crippen LogP contribution in [0.25, 0.3) is 6.08 Å². The number of allylic oxidation sites excluding steroid dienone is 1. The Bertz CT molecular complexity index is 784. The van der Waals surface area contributed by atoms with Gasteiger partial charge in [-0.15, -0.1) is 0 Å². The first kappa shape index (κ1) is 23.6. The summed E-state index contributed by atoms with van der Waals surface area (Å²) in [5.74, 6) is -0.0676. The van der Waals surface area contributed by atoms with Crippen molar-refractivity contribution in [2.45, 2.75) is 38.4 Å². The molecule has 0 saturated carbocycles. The molecule has 0 bridgehead atoms. The van der Waals surface area contributed by atoms with Crippen molar-refractivity contribution >= 4 is 17.8 Å². The predicted molar refractivity (Wildman–Crippen MR) is 109 cm³/mol. The van der Waals surface area contributed by atoms with Crippen molar-refractivity contribution in [2.24, 2.45) is 0 Å². The number of hydrogen-bond acceptors (Lipinski definition) is 8. The Labute approximate surface area is 176 Å². The zero-order valence-corrected chi connectivity index (χ0v) is 17.7. The van der Waals surface area contributed by atoms with E-state index in [9.17, 15) is 9.59 Å². The van der Waals surface area contributed by atoms with Crippen LogP contribution in [0.3, 0.4) is 0 Å². The van der Waals surface area contributed by atoms with Gasteiger partial charge in [0.25, 0.3) is 0 Å². The summed E-state index contributed by atoms with van der Waals surface area (Å²) >= 11 is 0. The predicted octanol–water partition coefficient (Wildman–Crippen LogP) is 3.49. The Hall–Kier alpha value is -2.68. The second-order valence-electron chi connectivity index (χ2n) is 6.66. The largest absolute Gasteiger partial charge is 0.497 e. The van der Waals surface area contributed by atoms with Gasteiger partial charge in [0.2, 0.25) is 0 Å². The number of carbonyl (C=O) groups is 2. The highest BCUT2D eigenvalue weighted by molar-refractivity contribution is 5.97. The number of cyclic esters (lactones) is 1. The Balaban J connectivity index is 2.44. The summed E-state index contributed by atoms with van der Waals surface area (Å²) in [5.41, 5.74) is 0.742. The van der Waals surface area contributed by atoms with Crippen molar-refractivity contribution in [2.75, 3.05) is 28.1 Å². The number of methoxy groups -OCH3 is 3. The van der Waals surface area contributed by atoms with Gasteiger partial charge >= 0.3 is 5.97 Å². The van der Waals surface area contributed by atoms with Crippen molar-refractivity contribution < 1.29 is 38.3 Å². The van der Waals surface area contributed by atoms with Crippen LogP contribution in [0.5, 0.6) is 11.5 Å². The maximum atomic E-state index is 12.9. The van der Waals surface area contributed by atoms with Crippen molar-refractivity contribution in [1.29, 1.82) is 0 Å².